The molecule has 4 rings (SSSR count). The quantitative estimate of drug-likeness (QED) is 0.236. The van der Waals surface area contributed by atoms with Crippen molar-refractivity contribution >= 4 is 24.5 Å². The number of H-pyrrole nitrogens is 1. The lowest BCUT2D eigenvalue weighted by Gasteiger charge is -2.26. The number of fused-ring (bicyclic) bond motifs is 1. The first kappa shape index (κ1) is 30.6. The fraction of sp³-hybridized carbons (Fsp3) is 0.444. The predicted octanol–water partition coefficient (Wildman–Crippen LogP) is 3.12. The Hall–Kier alpha value is -3.35. The van der Waals surface area contributed by atoms with Crippen LogP contribution in [0.1, 0.15) is 39.5 Å². The summed E-state index contributed by atoms with van der Waals surface area (Å²) in [5.74, 6) is -0.536. The maximum atomic E-state index is 15.7. The Kier molecular flexibility index (Phi) is 8.86. The third-order valence-electron chi connectivity index (χ3n) is 6.55. The monoisotopic (exact) mass is 593 g/mol. The minimum Gasteiger partial charge on any atom is -0.462 e. The number of aliphatic hydroxyl groups excluding tert-OH is 1. The molecule has 1 saturated heterocycles. The molecule has 2 aromatic carbocycles. The summed E-state index contributed by atoms with van der Waals surface area (Å²) in [5, 5.41) is 14.7. The molecule has 0 saturated carbocycles. The Morgan fingerprint density at radius 1 is 1.22 bits per heavy atom. The number of benzene rings is 2. The molecule has 6 atom stereocenters. The Labute approximate surface area is 235 Å². The van der Waals surface area contributed by atoms with Crippen molar-refractivity contribution in [1.29, 1.82) is 0 Å². The van der Waals surface area contributed by atoms with Gasteiger partial charge in [0.25, 0.3) is 5.56 Å². The lowest BCUT2D eigenvalue weighted by molar-refractivity contribution is -0.149. The van der Waals surface area contributed by atoms with Crippen molar-refractivity contribution in [3.63, 3.8) is 0 Å². The largest absolute Gasteiger partial charge is 0.462 e. The van der Waals surface area contributed by atoms with Gasteiger partial charge in [0.05, 0.1) is 12.7 Å². The van der Waals surface area contributed by atoms with Crippen molar-refractivity contribution in [2.24, 2.45) is 0 Å². The number of carbonyl (C=O) groups excluding carboxylic acids is 1. The summed E-state index contributed by atoms with van der Waals surface area (Å²) in [6, 6.07) is 11.1. The maximum absolute atomic E-state index is 15.7. The number of rotatable bonds is 10. The molecule has 0 bridgehead atoms. The summed E-state index contributed by atoms with van der Waals surface area (Å²) < 4.78 is 52.9. The summed E-state index contributed by atoms with van der Waals surface area (Å²) >= 11 is 0. The van der Waals surface area contributed by atoms with Crippen LogP contribution in [0.2, 0.25) is 0 Å². The second-order valence-corrected chi connectivity index (χ2v) is 12.0. The Bertz CT molecular complexity index is 1580. The highest BCUT2D eigenvalue weighted by molar-refractivity contribution is 7.52. The molecule has 0 radical (unpaired) electrons. The first-order valence-electron chi connectivity index (χ1n) is 13.0. The van der Waals surface area contributed by atoms with E-state index in [1.54, 1.807) is 38.1 Å². The topological polar surface area (TPSA) is 158 Å². The highest BCUT2D eigenvalue weighted by Gasteiger charge is 2.56. The van der Waals surface area contributed by atoms with Gasteiger partial charge in [0.15, 0.2) is 11.9 Å². The Morgan fingerprint density at radius 3 is 2.61 bits per heavy atom. The van der Waals surface area contributed by atoms with E-state index in [1.165, 1.54) is 13.8 Å². The average Bonchev–Trinajstić information content (AvgIpc) is 3.13. The third kappa shape index (κ3) is 6.60. The van der Waals surface area contributed by atoms with Crippen LogP contribution in [0.5, 0.6) is 5.75 Å². The van der Waals surface area contributed by atoms with Gasteiger partial charge in [0.2, 0.25) is 0 Å². The first-order chi connectivity index (χ1) is 19.2. The van der Waals surface area contributed by atoms with E-state index in [-0.39, 0.29) is 11.3 Å². The standard InChI is InChI=1S/C27H33FN3O9P/c1-15(2)38-24(34)17(4)30-41(36,40-20-12-8-10-18-9-6-7-11-19(18)20)37-14-21-22(32)27(5,28)25(39-21)31-13-16(3)23(33)29-26(31)35/h6-13,15,17,21-22,25,32H,14H2,1-5H3,(H,30,36)(H,29,33,35)/t17-,21-,22-,25-,27-,41?/m1/s1. The van der Waals surface area contributed by atoms with E-state index < -0.39 is 67.8 Å². The molecular weight excluding hydrogens is 560 g/mol. The number of nitrogens with one attached hydrogen (secondary N) is 2. The molecule has 1 aromatic heterocycles. The number of ether oxygens (including phenoxy) is 2. The summed E-state index contributed by atoms with van der Waals surface area (Å²) in [5.41, 5.74) is -3.97. The molecular formula is C27H33FN3O9P. The molecule has 14 heteroatoms. The number of aromatic amines is 1. The zero-order valence-corrected chi connectivity index (χ0v) is 24.1. The van der Waals surface area contributed by atoms with E-state index in [9.17, 15) is 24.1 Å². The van der Waals surface area contributed by atoms with Crippen molar-refractivity contribution in [1.82, 2.24) is 14.6 Å². The fourth-order valence-corrected chi connectivity index (χ4v) is 5.92. The van der Waals surface area contributed by atoms with E-state index in [0.717, 1.165) is 23.1 Å². The van der Waals surface area contributed by atoms with Crippen LogP contribution in [0.25, 0.3) is 10.8 Å². The SMILES string of the molecule is Cc1cn([C@@H]2O[C@H](COP(=O)(N[C@H](C)C(=O)OC(C)C)Oc3cccc4ccccc34)[C@@H](O)[C@@]2(C)F)c(=O)[nH]c1=O. The molecule has 1 aliphatic rings. The Morgan fingerprint density at radius 2 is 1.90 bits per heavy atom. The smallest absolute Gasteiger partial charge is 0.459 e. The Balaban J connectivity index is 1.61. The van der Waals surface area contributed by atoms with E-state index in [2.05, 4.69) is 10.1 Å². The fourth-order valence-electron chi connectivity index (χ4n) is 4.40. The zero-order valence-electron chi connectivity index (χ0n) is 23.2. The molecule has 1 fully saturated rings. The molecule has 1 unspecified atom stereocenters. The molecule has 12 nitrogen and oxygen atoms in total. The average molecular weight is 594 g/mol. The summed E-state index contributed by atoms with van der Waals surface area (Å²) in [6.07, 6.45) is -4.20. The van der Waals surface area contributed by atoms with E-state index in [4.69, 9.17) is 18.5 Å². The van der Waals surface area contributed by atoms with Crippen LogP contribution in [-0.2, 0) is 23.4 Å². The number of hydrogen-bond acceptors (Lipinski definition) is 9. The molecule has 3 N–H and O–H groups in total. The number of aromatic nitrogens is 2. The number of nitrogens with zero attached hydrogens (tertiary/aromatic N) is 1. The van der Waals surface area contributed by atoms with Crippen molar-refractivity contribution in [3.05, 3.63) is 75.1 Å². The van der Waals surface area contributed by atoms with Gasteiger partial charge in [-0.15, -0.1) is 0 Å². The molecule has 0 aliphatic carbocycles. The van der Waals surface area contributed by atoms with Gasteiger partial charge >= 0.3 is 19.4 Å². The normalized spacial score (nSPS) is 24.7. The van der Waals surface area contributed by atoms with E-state index in [1.807, 2.05) is 18.2 Å². The molecule has 222 valence electrons. The second-order valence-electron chi connectivity index (χ2n) is 10.3. The number of esters is 1. The molecule has 41 heavy (non-hydrogen) atoms. The summed E-state index contributed by atoms with van der Waals surface area (Å²) in [7, 11) is -4.42. The van der Waals surface area contributed by atoms with Gasteiger partial charge in [0, 0.05) is 17.1 Å². The molecule has 0 amide bonds. The number of alkyl halides is 1. The van der Waals surface area contributed by atoms with Crippen LogP contribution >= 0.6 is 7.75 Å². The van der Waals surface area contributed by atoms with Crippen LogP contribution < -0.4 is 20.9 Å². The van der Waals surface area contributed by atoms with Crippen LogP contribution in [0.15, 0.2) is 58.3 Å². The van der Waals surface area contributed by atoms with Crippen molar-refractivity contribution in [3.8, 4) is 5.75 Å². The van der Waals surface area contributed by atoms with Crippen LogP contribution in [-0.4, -0.2) is 57.3 Å². The first-order valence-corrected chi connectivity index (χ1v) is 14.5. The molecule has 0 spiro atoms. The van der Waals surface area contributed by atoms with Gasteiger partial charge in [-0.1, -0.05) is 36.4 Å². The van der Waals surface area contributed by atoms with Crippen molar-refractivity contribution in [2.45, 2.75) is 70.9 Å². The molecule has 2 heterocycles. The van der Waals surface area contributed by atoms with Gasteiger partial charge in [0.1, 0.15) is 24.0 Å². The number of carbonyl (C=O) groups is 1. The highest BCUT2D eigenvalue weighted by atomic mass is 31.2. The van der Waals surface area contributed by atoms with Gasteiger partial charge in [-0.05, 0) is 46.1 Å². The summed E-state index contributed by atoms with van der Waals surface area (Å²) in [4.78, 5) is 38.7. The zero-order chi connectivity index (χ0) is 30.1. The van der Waals surface area contributed by atoms with Crippen molar-refractivity contribution in [2.75, 3.05) is 6.61 Å². The van der Waals surface area contributed by atoms with Crippen molar-refractivity contribution < 1.29 is 37.4 Å². The molecule has 1 aliphatic heterocycles. The van der Waals surface area contributed by atoms with E-state index >= 15 is 4.39 Å². The number of aliphatic hydroxyl groups is 1. The lowest BCUT2D eigenvalue weighted by atomic mass is 9.98. The lowest BCUT2D eigenvalue weighted by Crippen LogP contribution is -2.44. The highest BCUT2D eigenvalue weighted by Crippen LogP contribution is 2.48. The van der Waals surface area contributed by atoms with Crippen LogP contribution in [0.4, 0.5) is 4.39 Å². The minimum atomic E-state index is -4.42. The van der Waals surface area contributed by atoms with Crippen LogP contribution in [0, 0.1) is 6.92 Å². The van der Waals surface area contributed by atoms with Gasteiger partial charge in [-0.3, -0.25) is 23.7 Å². The number of halogens is 1. The van der Waals surface area contributed by atoms with E-state index in [0.29, 0.717) is 5.39 Å². The van der Waals surface area contributed by atoms with Crippen LogP contribution in [0.3, 0.4) is 0 Å². The summed E-state index contributed by atoms with van der Waals surface area (Å²) in [6.45, 7) is 6.53. The van der Waals surface area contributed by atoms with Gasteiger partial charge in [-0.25, -0.2) is 13.8 Å². The third-order valence-corrected chi connectivity index (χ3v) is 8.18. The maximum Gasteiger partial charge on any atom is 0.459 e. The van der Waals surface area contributed by atoms with Gasteiger partial charge < -0.3 is 19.1 Å². The molecule has 3 aromatic rings. The minimum absolute atomic E-state index is 0.123. The number of hydrogen-bond donors (Lipinski definition) is 3. The predicted molar refractivity (Wildman–Crippen MR) is 147 cm³/mol. The van der Waals surface area contributed by atoms with Gasteiger partial charge in [-0.2, -0.15) is 5.09 Å². The number of aryl methyl sites for hydroxylation is 1. The second kappa shape index (κ2) is 11.9.